The molecular formula is C21H23N2O4+. The Kier molecular flexibility index (Phi) is 4.49. The lowest BCUT2D eigenvalue weighted by Crippen LogP contribution is -2.94. The number of para-hydroxylation sites is 1. The van der Waals surface area contributed by atoms with Crippen LogP contribution in [0.3, 0.4) is 0 Å². The van der Waals surface area contributed by atoms with Gasteiger partial charge in [0.2, 0.25) is 0 Å². The summed E-state index contributed by atoms with van der Waals surface area (Å²) in [4.78, 5) is 15.9. The first-order chi connectivity index (χ1) is 13.2. The minimum Gasteiger partial charge on any atom is -0.497 e. The van der Waals surface area contributed by atoms with Crippen LogP contribution in [-0.2, 0) is 16.0 Å². The minimum atomic E-state index is -0.317. The average Bonchev–Trinajstić information content (AvgIpc) is 3.10. The lowest BCUT2D eigenvalue weighted by molar-refractivity contribution is -0.712. The van der Waals surface area contributed by atoms with E-state index >= 15 is 0 Å². The third-order valence-corrected chi connectivity index (χ3v) is 5.28. The van der Waals surface area contributed by atoms with Gasteiger partial charge in [-0.1, -0.05) is 18.2 Å². The first-order valence-corrected chi connectivity index (χ1v) is 8.90. The predicted molar refractivity (Wildman–Crippen MR) is 101 cm³/mol. The average molecular weight is 367 g/mol. The van der Waals surface area contributed by atoms with Crippen molar-refractivity contribution in [3.8, 4) is 11.5 Å². The van der Waals surface area contributed by atoms with E-state index in [0.29, 0.717) is 6.42 Å². The minimum absolute atomic E-state index is 0.129. The smallest absolute Gasteiger partial charge is 0.364 e. The van der Waals surface area contributed by atoms with Crippen molar-refractivity contribution < 1.29 is 24.3 Å². The summed E-state index contributed by atoms with van der Waals surface area (Å²) in [7, 11) is 4.72. The number of esters is 1. The number of rotatable bonds is 4. The number of H-pyrrole nitrogens is 1. The number of ether oxygens (including phenoxy) is 3. The predicted octanol–water partition coefficient (Wildman–Crippen LogP) is 1.94. The molecule has 2 heterocycles. The molecule has 0 fully saturated rings. The standard InChI is InChI=1S/C21H22N2O4/c1-25-12-8-9-18(26-2)15(10-12)20-19-14(11-17(23-20)21(24)27-3)13-6-4-5-7-16(13)22-19/h4-10,17,20,22-23H,11H2,1-3H3/p+1/t17-,20-/m0/s1. The number of benzene rings is 2. The van der Waals surface area contributed by atoms with Gasteiger partial charge in [-0.2, -0.15) is 0 Å². The Morgan fingerprint density at radius 1 is 1.11 bits per heavy atom. The molecule has 1 aliphatic heterocycles. The fourth-order valence-electron chi connectivity index (χ4n) is 3.98. The number of hydrogen-bond acceptors (Lipinski definition) is 4. The number of fused-ring (bicyclic) bond motifs is 3. The summed E-state index contributed by atoms with van der Waals surface area (Å²) in [6, 6.07) is 13.5. The number of aromatic amines is 1. The van der Waals surface area contributed by atoms with Crippen LogP contribution < -0.4 is 14.8 Å². The van der Waals surface area contributed by atoms with Crippen molar-refractivity contribution in [1.29, 1.82) is 0 Å². The molecule has 0 saturated carbocycles. The summed E-state index contributed by atoms with van der Waals surface area (Å²) in [5.74, 6) is 1.28. The zero-order chi connectivity index (χ0) is 19.0. The SMILES string of the molecule is COC(=O)[C@@H]1Cc2c([nH]c3ccccc23)[C@H](c2cc(OC)ccc2OC)[NH2+]1. The lowest BCUT2D eigenvalue weighted by atomic mass is 9.90. The number of carbonyl (C=O) groups is 1. The highest BCUT2D eigenvalue weighted by atomic mass is 16.5. The summed E-state index contributed by atoms with van der Waals surface area (Å²) in [5, 5.41) is 3.18. The summed E-state index contributed by atoms with van der Waals surface area (Å²) in [6.07, 6.45) is 0.620. The van der Waals surface area contributed by atoms with Crippen LogP contribution in [0.25, 0.3) is 10.9 Å². The van der Waals surface area contributed by atoms with Crippen molar-refractivity contribution in [2.45, 2.75) is 18.5 Å². The van der Waals surface area contributed by atoms with E-state index in [1.165, 1.54) is 7.11 Å². The third kappa shape index (κ3) is 2.92. The van der Waals surface area contributed by atoms with Gasteiger partial charge < -0.3 is 24.5 Å². The molecule has 1 aliphatic rings. The molecule has 2 aromatic carbocycles. The fraction of sp³-hybridized carbons (Fsp3) is 0.286. The molecule has 140 valence electrons. The van der Waals surface area contributed by atoms with E-state index in [4.69, 9.17) is 14.2 Å². The second-order valence-electron chi connectivity index (χ2n) is 6.67. The Labute approximate surface area is 157 Å². The number of quaternary nitrogens is 1. The van der Waals surface area contributed by atoms with Gasteiger partial charge >= 0.3 is 5.97 Å². The molecule has 1 aromatic heterocycles. The molecule has 6 nitrogen and oxygen atoms in total. The van der Waals surface area contributed by atoms with Crippen molar-refractivity contribution in [1.82, 2.24) is 4.98 Å². The van der Waals surface area contributed by atoms with Gasteiger partial charge in [0, 0.05) is 17.3 Å². The summed E-state index contributed by atoms with van der Waals surface area (Å²) in [6.45, 7) is 0. The molecular weight excluding hydrogens is 344 g/mol. The van der Waals surface area contributed by atoms with Crippen LogP contribution in [0.5, 0.6) is 11.5 Å². The Hall–Kier alpha value is -2.99. The molecule has 0 amide bonds. The van der Waals surface area contributed by atoms with Crippen molar-refractivity contribution >= 4 is 16.9 Å². The van der Waals surface area contributed by atoms with E-state index in [1.54, 1.807) is 14.2 Å². The zero-order valence-electron chi connectivity index (χ0n) is 15.6. The first kappa shape index (κ1) is 17.4. The number of nitrogens with two attached hydrogens (primary N) is 1. The highest BCUT2D eigenvalue weighted by Gasteiger charge is 2.39. The van der Waals surface area contributed by atoms with Crippen LogP contribution >= 0.6 is 0 Å². The van der Waals surface area contributed by atoms with Gasteiger partial charge in [0.25, 0.3) is 0 Å². The topological polar surface area (TPSA) is 77.2 Å². The van der Waals surface area contributed by atoms with E-state index in [9.17, 15) is 4.79 Å². The van der Waals surface area contributed by atoms with Crippen molar-refractivity contribution in [3.63, 3.8) is 0 Å². The molecule has 0 spiro atoms. The van der Waals surface area contributed by atoms with Gasteiger partial charge in [0.05, 0.1) is 32.6 Å². The molecule has 2 atom stereocenters. The van der Waals surface area contributed by atoms with Crippen LogP contribution in [0.15, 0.2) is 42.5 Å². The van der Waals surface area contributed by atoms with Crippen LogP contribution in [-0.4, -0.2) is 38.3 Å². The monoisotopic (exact) mass is 367 g/mol. The number of hydrogen-bond donors (Lipinski definition) is 2. The maximum Gasteiger partial charge on any atom is 0.364 e. The second kappa shape index (κ2) is 6.96. The molecule has 27 heavy (non-hydrogen) atoms. The third-order valence-electron chi connectivity index (χ3n) is 5.28. The van der Waals surface area contributed by atoms with E-state index in [-0.39, 0.29) is 18.1 Å². The van der Waals surface area contributed by atoms with Gasteiger partial charge in [-0.3, -0.25) is 0 Å². The second-order valence-corrected chi connectivity index (χ2v) is 6.67. The Balaban J connectivity index is 1.91. The lowest BCUT2D eigenvalue weighted by Gasteiger charge is -2.28. The van der Waals surface area contributed by atoms with E-state index in [0.717, 1.165) is 39.2 Å². The quantitative estimate of drug-likeness (QED) is 0.691. The highest BCUT2D eigenvalue weighted by molar-refractivity contribution is 5.86. The van der Waals surface area contributed by atoms with E-state index < -0.39 is 0 Å². The van der Waals surface area contributed by atoms with Crippen LogP contribution in [0, 0.1) is 0 Å². The van der Waals surface area contributed by atoms with Crippen LogP contribution in [0.4, 0.5) is 0 Å². The Morgan fingerprint density at radius 3 is 2.67 bits per heavy atom. The Bertz CT molecular complexity index is 995. The van der Waals surface area contributed by atoms with Gasteiger partial charge in [-0.05, 0) is 29.8 Å². The van der Waals surface area contributed by atoms with Crippen molar-refractivity contribution in [2.75, 3.05) is 21.3 Å². The molecule has 4 rings (SSSR count). The zero-order valence-corrected chi connectivity index (χ0v) is 15.6. The molecule has 6 heteroatoms. The molecule has 3 N–H and O–H groups in total. The molecule has 0 radical (unpaired) electrons. The van der Waals surface area contributed by atoms with E-state index in [2.05, 4.69) is 17.1 Å². The number of methoxy groups -OCH3 is 3. The van der Waals surface area contributed by atoms with Gasteiger partial charge in [-0.25, -0.2) is 4.79 Å². The van der Waals surface area contributed by atoms with Gasteiger partial charge in [0.15, 0.2) is 12.1 Å². The van der Waals surface area contributed by atoms with Crippen LogP contribution in [0.1, 0.15) is 22.9 Å². The summed E-state index contributed by atoms with van der Waals surface area (Å²) in [5.41, 5.74) is 4.26. The van der Waals surface area contributed by atoms with Crippen molar-refractivity contribution in [3.05, 3.63) is 59.3 Å². The molecule has 3 aromatic rings. The first-order valence-electron chi connectivity index (χ1n) is 8.90. The Morgan fingerprint density at radius 2 is 1.93 bits per heavy atom. The fourth-order valence-corrected chi connectivity index (χ4v) is 3.98. The largest absolute Gasteiger partial charge is 0.497 e. The number of carbonyl (C=O) groups excluding carboxylic acids is 1. The van der Waals surface area contributed by atoms with Crippen molar-refractivity contribution in [2.24, 2.45) is 0 Å². The summed E-state index contributed by atoms with van der Waals surface area (Å²) < 4.78 is 16.1. The molecule has 0 unspecified atom stereocenters. The van der Waals surface area contributed by atoms with Crippen LogP contribution in [0.2, 0.25) is 0 Å². The summed E-state index contributed by atoms with van der Waals surface area (Å²) >= 11 is 0. The molecule has 0 bridgehead atoms. The maximum absolute atomic E-state index is 12.4. The van der Waals surface area contributed by atoms with E-state index in [1.807, 2.05) is 35.6 Å². The highest BCUT2D eigenvalue weighted by Crippen LogP contribution is 2.36. The maximum atomic E-state index is 12.4. The number of nitrogens with one attached hydrogen (secondary N) is 1. The van der Waals surface area contributed by atoms with Gasteiger partial charge in [-0.15, -0.1) is 0 Å². The molecule has 0 aliphatic carbocycles. The molecule has 0 saturated heterocycles. The number of aromatic nitrogens is 1. The van der Waals surface area contributed by atoms with Gasteiger partial charge in [0.1, 0.15) is 11.5 Å². The normalized spacial score (nSPS) is 18.8.